The van der Waals surface area contributed by atoms with Crippen molar-refractivity contribution in [3.63, 3.8) is 0 Å². The number of carboxylic acids is 1. The van der Waals surface area contributed by atoms with Crippen molar-refractivity contribution in [3.05, 3.63) is 59.2 Å². The number of aromatic carboxylic acids is 1. The number of imide groups is 1. The number of carboxylic acid groups (broad SMARTS) is 1. The molecule has 0 spiro atoms. The first-order chi connectivity index (χ1) is 11.9. The molecule has 128 valence electrons. The largest absolute Gasteiger partial charge is 0.478 e. The first-order valence-corrected chi connectivity index (χ1v) is 7.91. The summed E-state index contributed by atoms with van der Waals surface area (Å²) in [6.07, 6.45) is 0.0312. The minimum absolute atomic E-state index is 0.0312. The molecular weight excluding hydrogens is 320 g/mol. The van der Waals surface area contributed by atoms with Crippen LogP contribution < -0.4 is 10.2 Å². The van der Waals surface area contributed by atoms with E-state index in [4.69, 9.17) is 5.11 Å². The van der Waals surface area contributed by atoms with E-state index >= 15 is 0 Å². The van der Waals surface area contributed by atoms with Crippen molar-refractivity contribution in [1.82, 2.24) is 0 Å². The average Bonchev–Trinajstić information content (AvgIpc) is 2.84. The van der Waals surface area contributed by atoms with Gasteiger partial charge < -0.3 is 10.4 Å². The molecule has 1 heterocycles. The highest BCUT2D eigenvalue weighted by Crippen LogP contribution is 2.28. The van der Waals surface area contributed by atoms with Gasteiger partial charge in [0.2, 0.25) is 5.91 Å². The number of aryl methyl sites for hydroxylation is 2. The minimum atomic E-state index is -1.10. The van der Waals surface area contributed by atoms with Gasteiger partial charge in [-0.2, -0.15) is 0 Å². The van der Waals surface area contributed by atoms with Crippen molar-refractivity contribution >= 4 is 29.2 Å². The fourth-order valence-electron chi connectivity index (χ4n) is 2.83. The third-order valence-corrected chi connectivity index (χ3v) is 4.24. The Morgan fingerprint density at radius 1 is 1.12 bits per heavy atom. The SMILES string of the molecule is Cc1ccc(NC2CC(=O)N(c3cc(C(=O)O)ccc3C)C2=O)cc1. The molecular formula is C19H18N2O4. The average molecular weight is 338 g/mol. The van der Waals surface area contributed by atoms with E-state index in [1.165, 1.54) is 12.1 Å². The highest BCUT2D eigenvalue weighted by Gasteiger charge is 2.40. The van der Waals surface area contributed by atoms with Crippen LogP contribution in [0.5, 0.6) is 0 Å². The molecule has 25 heavy (non-hydrogen) atoms. The smallest absolute Gasteiger partial charge is 0.335 e. The summed E-state index contributed by atoms with van der Waals surface area (Å²) in [6, 6.07) is 11.3. The predicted octanol–water partition coefficient (Wildman–Crippen LogP) is 2.75. The summed E-state index contributed by atoms with van der Waals surface area (Å²) in [4.78, 5) is 37.4. The monoisotopic (exact) mass is 338 g/mol. The maximum Gasteiger partial charge on any atom is 0.335 e. The zero-order valence-electron chi connectivity index (χ0n) is 13.9. The van der Waals surface area contributed by atoms with Crippen molar-refractivity contribution < 1.29 is 19.5 Å². The van der Waals surface area contributed by atoms with Gasteiger partial charge in [-0.25, -0.2) is 9.69 Å². The lowest BCUT2D eigenvalue weighted by Crippen LogP contribution is -2.35. The molecule has 0 aliphatic carbocycles. The highest BCUT2D eigenvalue weighted by molar-refractivity contribution is 6.23. The molecule has 2 N–H and O–H groups in total. The van der Waals surface area contributed by atoms with Crippen LogP contribution in [0.15, 0.2) is 42.5 Å². The molecule has 1 aliphatic rings. The summed E-state index contributed by atoms with van der Waals surface area (Å²) in [5.74, 6) is -1.83. The fraction of sp³-hybridized carbons (Fsp3) is 0.211. The van der Waals surface area contributed by atoms with Crippen LogP contribution in [0.2, 0.25) is 0 Å². The number of amides is 2. The second-order valence-electron chi connectivity index (χ2n) is 6.14. The van der Waals surface area contributed by atoms with Gasteiger partial charge in [-0.1, -0.05) is 23.8 Å². The maximum absolute atomic E-state index is 12.7. The Morgan fingerprint density at radius 3 is 2.44 bits per heavy atom. The summed E-state index contributed by atoms with van der Waals surface area (Å²) in [5, 5.41) is 12.2. The molecule has 2 amide bonds. The topological polar surface area (TPSA) is 86.7 Å². The Hall–Kier alpha value is -3.15. The van der Waals surface area contributed by atoms with E-state index in [9.17, 15) is 14.4 Å². The molecule has 0 saturated carbocycles. The number of carbonyl (C=O) groups is 3. The van der Waals surface area contributed by atoms with Crippen LogP contribution in [0, 0.1) is 13.8 Å². The summed E-state index contributed by atoms with van der Waals surface area (Å²) in [7, 11) is 0. The van der Waals surface area contributed by atoms with Gasteiger partial charge >= 0.3 is 5.97 Å². The van der Waals surface area contributed by atoms with Crippen LogP contribution in [0.25, 0.3) is 0 Å². The summed E-state index contributed by atoms with van der Waals surface area (Å²) in [5.41, 5.74) is 2.89. The molecule has 6 nitrogen and oxygen atoms in total. The number of rotatable bonds is 4. The van der Waals surface area contributed by atoms with Crippen molar-refractivity contribution in [3.8, 4) is 0 Å². The summed E-state index contributed by atoms with van der Waals surface area (Å²) in [6.45, 7) is 3.70. The third-order valence-electron chi connectivity index (χ3n) is 4.24. The van der Waals surface area contributed by atoms with Crippen LogP contribution in [0.4, 0.5) is 11.4 Å². The quantitative estimate of drug-likeness (QED) is 0.837. The molecule has 2 aromatic carbocycles. The summed E-state index contributed by atoms with van der Waals surface area (Å²) >= 11 is 0. The van der Waals surface area contributed by atoms with Gasteiger partial charge in [0, 0.05) is 5.69 Å². The van der Waals surface area contributed by atoms with E-state index in [0.29, 0.717) is 11.3 Å². The molecule has 1 atom stereocenters. The van der Waals surface area contributed by atoms with E-state index in [-0.39, 0.29) is 23.8 Å². The van der Waals surface area contributed by atoms with Gasteiger partial charge in [-0.05, 0) is 43.7 Å². The number of hydrogen-bond donors (Lipinski definition) is 2. The Labute approximate surface area is 145 Å². The Balaban J connectivity index is 1.88. The molecule has 6 heteroatoms. The lowest BCUT2D eigenvalue weighted by atomic mass is 10.1. The minimum Gasteiger partial charge on any atom is -0.478 e. The van der Waals surface area contributed by atoms with Crippen LogP contribution in [0.1, 0.15) is 27.9 Å². The molecule has 1 unspecified atom stereocenters. The molecule has 1 saturated heterocycles. The lowest BCUT2D eigenvalue weighted by Gasteiger charge is -2.18. The maximum atomic E-state index is 12.7. The van der Waals surface area contributed by atoms with Crippen molar-refractivity contribution in [1.29, 1.82) is 0 Å². The predicted molar refractivity (Wildman–Crippen MR) is 93.8 cm³/mol. The van der Waals surface area contributed by atoms with Crippen LogP contribution >= 0.6 is 0 Å². The number of nitrogens with one attached hydrogen (secondary N) is 1. The molecule has 3 rings (SSSR count). The number of carbonyl (C=O) groups excluding carboxylic acids is 2. The summed E-state index contributed by atoms with van der Waals surface area (Å²) < 4.78 is 0. The van der Waals surface area contributed by atoms with Crippen molar-refractivity contribution in [2.45, 2.75) is 26.3 Å². The number of nitrogens with zero attached hydrogens (tertiary/aromatic N) is 1. The molecule has 0 bridgehead atoms. The van der Waals surface area contributed by atoms with Crippen LogP contribution in [-0.4, -0.2) is 28.9 Å². The Morgan fingerprint density at radius 2 is 1.80 bits per heavy atom. The third kappa shape index (κ3) is 3.24. The van der Waals surface area contributed by atoms with E-state index in [0.717, 1.165) is 16.2 Å². The van der Waals surface area contributed by atoms with Crippen LogP contribution in [-0.2, 0) is 9.59 Å². The lowest BCUT2D eigenvalue weighted by molar-refractivity contribution is -0.121. The Bertz CT molecular complexity index is 858. The van der Waals surface area contributed by atoms with Gasteiger partial charge in [0.15, 0.2) is 0 Å². The number of hydrogen-bond acceptors (Lipinski definition) is 4. The van der Waals surface area contributed by atoms with E-state index in [1.807, 2.05) is 31.2 Å². The van der Waals surface area contributed by atoms with Crippen molar-refractivity contribution in [2.24, 2.45) is 0 Å². The first-order valence-electron chi connectivity index (χ1n) is 7.91. The van der Waals surface area contributed by atoms with Gasteiger partial charge in [-0.15, -0.1) is 0 Å². The van der Waals surface area contributed by atoms with E-state index in [2.05, 4.69) is 5.32 Å². The van der Waals surface area contributed by atoms with Crippen molar-refractivity contribution in [2.75, 3.05) is 10.2 Å². The standard InChI is InChI=1S/C19H18N2O4/c1-11-3-7-14(8-4-11)20-15-10-17(22)21(18(15)23)16-9-13(19(24)25)6-5-12(16)2/h3-9,15,20H,10H2,1-2H3,(H,24,25). The Kier molecular flexibility index (Phi) is 4.27. The van der Waals surface area contributed by atoms with Gasteiger partial charge in [-0.3, -0.25) is 9.59 Å². The van der Waals surface area contributed by atoms with Gasteiger partial charge in [0.1, 0.15) is 6.04 Å². The van der Waals surface area contributed by atoms with Gasteiger partial charge in [0.25, 0.3) is 5.91 Å². The molecule has 1 aliphatic heterocycles. The number of benzene rings is 2. The fourth-order valence-corrected chi connectivity index (χ4v) is 2.83. The van der Waals surface area contributed by atoms with E-state index < -0.39 is 12.0 Å². The second kappa shape index (κ2) is 6.39. The first kappa shape index (κ1) is 16.7. The van der Waals surface area contributed by atoms with Gasteiger partial charge in [0.05, 0.1) is 17.7 Å². The zero-order chi connectivity index (χ0) is 18.1. The molecule has 1 fully saturated rings. The molecule has 0 radical (unpaired) electrons. The zero-order valence-corrected chi connectivity index (χ0v) is 13.9. The molecule has 2 aromatic rings. The molecule has 0 aromatic heterocycles. The highest BCUT2D eigenvalue weighted by atomic mass is 16.4. The number of anilines is 2. The second-order valence-corrected chi connectivity index (χ2v) is 6.14. The van der Waals surface area contributed by atoms with E-state index in [1.54, 1.807) is 13.0 Å². The van der Waals surface area contributed by atoms with Crippen LogP contribution in [0.3, 0.4) is 0 Å². The normalized spacial score (nSPS) is 17.0.